The third kappa shape index (κ3) is 1.97. The van der Waals surface area contributed by atoms with Crippen molar-refractivity contribution < 1.29 is 4.39 Å². The van der Waals surface area contributed by atoms with E-state index in [2.05, 4.69) is 0 Å². The second-order valence-electron chi connectivity index (χ2n) is 5.81. The van der Waals surface area contributed by atoms with Crippen molar-refractivity contribution in [1.29, 1.82) is 0 Å². The molecule has 82 valence electrons. The highest BCUT2D eigenvalue weighted by Crippen LogP contribution is 2.45. The molecule has 2 aliphatic rings. The van der Waals surface area contributed by atoms with Crippen LogP contribution in [0.25, 0.3) is 0 Å². The maximum absolute atomic E-state index is 14.5. The van der Waals surface area contributed by atoms with Crippen molar-refractivity contribution in [2.75, 3.05) is 0 Å². The van der Waals surface area contributed by atoms with Gasteiger partial charge < -0.3 is 0 Å². The summed E-state index contributed by atoms with van der Waals surface area (Å²) in [6.45, 7) is 4.09. The Hall–Kier alpha value is -0.0700. The molecule has 0 N–H and O–H groups in total. The first-order chi connectivity index (χ1) is 6.60. The Morgan fingerprint density at radius 2 is 1.50 bits per heavy atom. The Balaban J connectivity index is 2.02. The number of alkyl halides is 1. The first kappa shape index (κ1) is 10.4. The molecule has 2 saturated carbocycles. The molecule has 0 aromatic rings. The van der Waals surface area contributed by atoms with Crippen molar-refractivity contribution in [1.82, 2.24) is 0 Å². The molecule has 0 aromatic heterocycles. The molecule has 2 unspecified atom stereocenters. The lowest BCUT2D eigenvalue weighted by atomic mass is 9.78. The monoisotopic (exact) mass is 198 g/mol. The van der Waals surface area contributed by atoms with Gasteiger partial charge in [-0.1, -0.05) is 26.7 Å². The van der Waals surface area contributed by atoms with Gasteiger partial charge in [0, 0.05) is 0 Å². The van der Waals surface area contributed by atoms with Crippen molar-refractivity contribution in [3.8, 4) is 0 Å². The van der Waals surface area contributed by atoms with Crippen molar-refractivity contribution in [3.63, 3.8) is 0 Å². The van der Waals surface area contributed by atoms with E-state index in [1.165, 1.54) is 19.3 Å². The summed E-state index contributed by atoms with van der Waals surface area (Å²) in [5.74, 6) is 1.92. The molecule has 2 fully saturated rings. The Bertz CT molecular complexity index is 183. The zero-order valence-electron chi connectivity index (χ0n) is 9.56. The van der Waals surface area contributed by atoms with Gasteiger partial charge in [-0.15, -0.1) is 0 Å². The molecule has 0 aromatic carbocycles. The van der Waals surface area contributed by atoms with E-state index < -0.39 is 5.67 Å². The lowest BCUT2D eigenvalue weighted by Crippen LogP contribution is -2.32. The second-order valence-corrected chi connectivity index (χ2v) is 5.81. The van der Waals surface area contributed by atoms with Gasteiger partial charge >= 0.3 is 0 Å². The van der Waals surface area contributed by atoms with Crippen LogP contribution in [0.3, 0.4) is 0 Å². The Morgan fingerprint density at radius 1 is 1.00 bits per heavy atom. The van der Waals surface area contributed by atoms with Crippen LogP contribution in [-0.4, -0.2) is 5.67 Å². The van der Waals surface area contributed by atoms with Crippen molar-refractivity contribution in [3.05, 3.63) is 0 Å². The average molecular weight is 198 g/mol. The van der Waals surface area contributed by atoms with Gasteiger partial charge in [-0.3, -0.25) is 0 Å². The van der Waals surface area contributed by atoms with E-state index in [0.717, 1.165) is 37.5 Å². The fourth-order valence-corrected chi connectivity index (χ4v) is 3.29. The van der Waals surface area contributed by atoms with Crippen LogP contribution in [-0.2, 0) is 0 Å². The summed E-state index contributed by atoms with van der Waals surface area (Å²) in [6, 6.07) is 0. The number of rotatable bonds is 1. The van der Waals surface area contributed by atoms with E-state index in [4.69, 9.17) is 0 Å². The molecule has 0 radical (unpaired) electrons. The normalized spacial score (nSPS) is 43.7. The van der Waals surface area contributed by atoms with E-state index in [1.807, 2.05) is 13.8 Å². The van der Waals surface area contributed by atoms with E-state index >= 15 is 0 Å². The third-order valence-corrected chi connectivity index (χ3v) is 4.62. The largest absolute Gasteiger partial charge is 0.244 e. The average Bonchev–Trinajstić information content (AvgIpc) is 2.58. The van der Waals surface area contributed by atoms with Gasteiger partial charge in [0.1, 0.15) is 5.67 Å². The van der Waals surface area contributed by atoms with Gasteiger partial charge in [0.15, 0.2) is 0 Å². The van der Waals surface area contributed by atoms with Gasteiger partial charge in [-0.25, -0.2) is 4.39 Å². The topological polar surface area (TPSA) is 0 Å². The first-order valence-electron chi connectivity index (χ1n) is 6.29. The maximum Gasteiger partial charge on any atom is 0.113 e. The molecule has 0 spiro atoms. The van der Waals surface area contributed by atoms with Crippen molar-refractivity contribution in [2.24, 2.45) is 17.8 Å². The van der Waals surface area contributed by atoms with Crippen LogP contribution in [0.2, 0.25) is 0 Å². The van der Waals surface area contributed by atoms with Crippen LogP contribution in [0, 0.1) is 17.8 Å². The summed E-state index contributed by atoms with van der Waals surface area (Å²) in [5.41, 5.74) is -0.846. The van der Waals surface area contributed by atoms with Gasteiger partial charge in [0.25, 0.3) is 0 Å². The van der Waals surface area contributed by atoms with Crippen LogP contribution in [0.15, 0.2) is 0 Å². The Labute approximate surface area is 87.3 Å². The summed E-state index contributed by atoms with van der Waals surface area (Å²) in [4.78, 5) is 0. The number of hydrogen-bond donors (Lipinski definition) is 0. The van der Waals surface area contributed by atoms with E-state index in [-0.39, 0.29) is 5.92 Å². The van der Waals surface area contributed by atoms with Gasteiger partial charge in [-0.2, -0.15) is 0 Å². The fourth-order valence-electron chi connectivity index (χ4n) is 3.29. The second kappa shape index (κ2) is 3.83. The van der Waals surface area contributed by atoms with Crippen LogP contribution in [0.4, 0.5) is 4.39 Å². The highest BCUT2D eigenvalue weighted by atomic mass is 19.1. The summed E-state index contributed by atoms with van der Waals surface area (Å²) >= 11 is 0. The van der Waals surface area contributed by atoms with Crippen LogP contribution >= 0.6 is 0 Å². The summed E-state index contributed by atoms with van der Waals surface area (Å²) in [7, 11) is 0. The summed E-state index contributed by atoms with van der Waals surface area (Å²) < 4.78 is 14.5. The molecule has 2 rings (SSSR count). The number of halogens is 1. The molecule has 0 saturated heterocycles. The Morgan fingerprint density at radius 3 is 1.93 bits per heavy atom. The summed E-state index contributed by atoms with van der Waals surface area (Å²) in [5, 5.41) is 0. The zero-order valence-corrected chi connectivity index (χ0v) is 9.56. The molecule has 14 heavy (non-hydrogen) atoms. The maximum atomic E-state index is 14.5. The quantitative estimate of drug-likeness (QED) is 0.588. The molecule has 0 nitrogen and oxygen atoms in total. The zero-order chi connectivity index (χ0) is 10.2. The molecule has 2 atom stereocenters. The van der Waals surface area contributed by atoms with Gasteiger partial charge in [-0.05, 0) is 49.9 Å². The third-order valence-electron chi connectivity index (χ3n) is 4.62. The molecule has 0 aliphatic heterocycles. The summed E-state index contributed by atoms with van der Waals surface area (Å²) in [6.07, 6.45) is 8.08. The highest BCUT2D eigenvalue weighted by molar-refractivity contribution is 4.89. The van der Waals surface area contributed by atoms with Crippen molar-refractivity contribution >= 4 is 0 Å². The minimum absolute atomic E-state index is 0.208. The lowest BCUT2D eigenvalue weighted by molar-refractivity contribution is 0.0569. The predicted molar refractivity (Wildman–Crippen MR) is 58.0 cm³/mol. The lowest BCUT2D eigenvalue weighted by Gasteiger charge is -2.33. The minimum atomic E-state index is -0.846. The molecular weight excluding hydrogens is 175 g/mol. The first-order valence-corrected chi connectivity index (χ1v) is 6.29. The molecule has 0 heterocycles. The van der Waals surface area contributed by atoms with E-state index in [9.17, 15) is 4.39 Å². The molecule has 1 heteroatoms. The minimum Gasteiger partial charge on any atom is -0.244 e. The van der Waals surface area contributed by atoms with Gasteiger partial charge in [0.05, 0.1) is 0 Å². The fraction of sp³-hybridized carbons (Fsp3) is 1.00. The van der Waals surface area contributed by atoms with Crippen molar-refractivity contribution in [2.45, 2.75) is 64.5 Å². The number of fused-ring (bicyclic) bond motifs is 2. The Kier molecular flexibility index (Phi) is 2.86. The molecule has 2 aliphatic carbocycles. The van der Waals surface area contributed by atoms with Gasteiger partial charge in [0.2, 0.25) is 0 Å². The van der Waals surface area contributed by atoms with E-state index in [1.54, 1.807) is 0 Å². The number of hydrogen-bond acceptors (Lipinski definition) is 0. The molecule has 2 bridgehead atoms. The molecule has 0 amide bonds. The van der Waals surface area contributed by atoms with Crippen LogP contribution in [0.5, 0.6) is 0 Å². The van der Waals surface area contributed by atoms with Crippen LogP contribution in [0.1, 0.15) is 58.8 Å². The van der Waals surface area contributed by atoms with Crippen LogP contribution < -0.4 is 0 Å². The van der Waals surface area contributed by atoms with E-state index in [0.29, 0.717) is 0 Å². The smallest absolute Gasteiger partial charge is 0.113 e. The predicted octanol–water partition coefficient (Wildman–Crippen LogP) is 4.34. The standard InChI is InChI=1S/C13H23F/c1-10(2)13(14)7-5-11-3-4-12(9-11)6-8-13/h10-12H,3-9H2,1-2H3. The molecular formula is C13H23F. The SMILES string of the molecule is CC(C)C1(F)CCC2CCC(CC1)C2. The highest BCUT2D eigenvalue weighted by Gasteiger charge is 2.38.